The molecule has 0 aromatic heterocycles. The summed E-state index contributed by atoms with van der Waals surface area (Å²) in [5.41, 5.74) is 2.02. The van der Waals surface area contributed by atoms with E-state index in [1.165, 1.54) is 6.07 Å². The number of hydrogen-bond acceptors (Lipinski definition) is 2. The lowest BCUT2D eigenvalue weighted by Gasteiger charge is -2.54. The summed E-state index contributed by atoms with van der Waals surface area (Å²) in [6.45, 7) is 5.09. The molecule has 0 bridgehead atoms. The van der Waals surface area contributed by atoms with E-state index in [9.17, 15) is 9.18 Å². The summed E-state index contributed by atoms with van der Waals surface area (Å²) >= 11 is 0. The van der Waals surface area contributed by atoms with E-state index in [1.54, 1.807) is 12.1 Å². The van der Waals surface area contributed by atoms with Crippen LogP contribution in [0.3, 0.4) is 0 Å². The number of rotatable bonds is 2. The van der Waals surface area contributed by atoms with E-state index in [0.717, 1.165) is 37.0 Å². The second kappa shape index (κ2) is 5.20. The van der Waals surface area contributed by atoms with Crippen molar-refractivity contribution in [2.24, 2.45) is 11.3 Å². The Kier molecular flexibility index (Phi) is 3.38. The highest BCUT2D eigenvalue weighted by molar-refractivity contribution is 5.75. The monoisotopic (exact) mass is 318 g/mol. The Morgan fingerprint density at radius 3 is 2.96 bits per heavy atom. The standard InChI is InChI=1S/C18H23FN2O2/c1-18(2)15(13-7-8-23-16(13)18)21-17(22)20-14-6-3-10-9-11(19)4-5-12(10)14/h4-5,9,13-16H,3,6-8H2,1-2H3,(H2,20,21,22)/t13-,14+,15+,16-/m0/s1. The molecule has 23 heavy (non-hydrogen) atoms. The fraction of sp³-hybridized carbons (Fsp3) is 0.611. The zero-order chi connectivity index (χ0) is 16.2. The van der Waals surface area contributed by atoms with Crippen LogP contribution >= 0.6 is 0 Å². The van der Waals surface area contributed by atoms with Crippen molar-refractivity contribution in [3.63, 3.8) is 0 Å². The number of benzene rings is 1. The molecule has 0 radical (unpaired) electrons. The predicted octanol–water partition coefficient (Wildman–Crippen LogP) is 2.93. The molecule has 0 unspecified atom stereocenters. The lowest BCUT2D eigenvalue weighted by molar-refractivity contribution is -0.108. The van der Waals surface area contributed by atoms with Gasteiger partial charge in [-0.3, -0.25) is 0 Å². The maximum absolute atomic E-state index is 13.3. The summed E-state index contributed by atoms with van der Waals surface area (Å²) < 4.78 is 19.0. The Bertz CT molecular complexity index is 646. The van der Waals surface area contributed by atoms with Crippen LogP contribution in [0.25, 0.3) is 0 Å². The van der Waals surface area contributed by atoms with Crippen molar-refractivity contribution in [1.29, 1.82) is 0 Å². The molecule has 5 heteroatoms. The van der Waals surface area contributed by atoms with E-state index in [1.807, 2.05) is 0 Å². The summed E-state index contributed by atoms with van der Waals surface area (Å²) in [4.78, 5) is 12.4. The lowest BCUT2D eigenvalue weighted by atomic mass is 9.57. The minimum atomic E-state index is -0.211. The van der Waals surface area contributed by atoms with Gasteiger partial charge in [0.25, 0.3) is 0 Å². The first kappa shape index (κ1) is 14.9. The molecular formula is C18H23FN2O2. The first-order valence-corrected chi connectivity index (χ1v) is 8.44. The summed E-state index contributed by atoms with van der Waals surface area (Å²) in [7, 11) is 0. The van der Waals surface area contributed by atoms with E-state index in [0.29, 0.717) is 5.92 Å². The van der Waals surface area contributed by atoms with Crippen molar-refractivity contribution in [3.8, 4) is 0 Å². The third kappa shape index (κ3) is 2.33. The number of ether oxygens (including phenoxy) is 1. The molecule has 1 saturated heterocycles. The number of nitrogens with one attached hydrogen (secondary N) is 2. The fourth-order valence-electron chi connectivity index (χ4n) is 4.69. The van der Waals surface area contributed by atoms with Crippen molar-refractivity contribution in [2.45, 2.75) is 51.3 Å². The minimum Gasteiger partial charge on any atom is -0.377 e. The Balaban J connectivity index is 1.40. The third-order valence-corrected chi connectivity index (χ3v) is 5.88. The van der Waals surface area contributed by atoms with Gasteiger partial charge in [-0.2, -0.15) is 0 Å². The molecule has 1 aromatic carbocycles. The van der Waals surface area contributed by atoms with Gasteiger partial charge in [-0.1, -0.05) is 19.9 Å². The number of carbonyl (C=O) groups is 1. The van der Waals surface area contributed by atoms with Crippen molar-refractivity contribution >= 4 is 6.03 Å². The molecule has 4 nitrogen and oxygen atoms in total. The van der Waals surface area contributed by atoms with Crippen LogP contribution in [0.1, 0.15) is 43.9 Å². The van der Waals surface area contributed by atoms with Crippen LogP contribution in [0.5, 0.6) is 0 Å². The van der Waals surface area contributed by atoms with Gasteiger partial charge in [0.2, 0.25) is 0 Å². The molecule has 2 aliphatic carbocycles. The van der Waals surface area contributed by atoms with Crippen LogP contribution in [0.15, 0.2) is 18.2 Å². The first-order chi connectivity index (χ1) is 11.0. The molecule has 2 fully saturated rings. The smallest absolute Gasteiger partial charge is 0.315 e. The Labute approximate surface area is 135 Å². The van der Waals surface area contributed by atoms with E-state index in [-0.39, 0.29) is 35.5 Å². The predicted molar refractivity (Wildman–Crippen MR) is 84.5 cm³/mol. The van der Waals surface area contributed by atoms with Crippen molar-refractivity contribution in [3.05, 3.63) is 35.1 Å². The molecule has 1 aliphatic heterocycles. The van der Waals surface area contributed by atoms with Crippen LogP contribution in [-0.2, 0) is 11.2 Å². The van der Waals surface area contributed by atoms with Gasteiger partial charge in [0.1, 0.15) is 5.82 Å². The van der Waals surface area contributed by atoms with Crippen LogP contribution < -0.4 is 10.6 Å². The zero-order valence-electron chi connectivity index (χ0n) is 13.6. The fourth-order valence-corrected chi connectivity index (χ4v) is 4.69. The lowest BCUT2D eigenvalue weighted by Crippen LogP contribution is -2.67. The van der Waals surface area contributed by atoms with E-state index in [2.05, 4.69) is 24.5 Å². The van der Waals surface area contributed by atoms with Crippen molar-refractivity contribution in [2.75, 3.05) is 6.61 Å². The normalized spacial score (nSPS) is 33.5. The molecular weight excluding hydrogens is 295 g/mol. The highest BCUT2D eigenvalue weighted by Gasteiger charge is 2.59. The highest BCUT2D eigenvalue weighted by Crippen LogP contribution is 2.52. The average molecular weight is 318 g/mol. The summed E-state index contributed by atoms with van der Waals surface area (Å²) in [6, 6.07) is 4.83. The van der Waals surface area contributed by atoms with E-state index >= 15 is 0 Å². The topological polar surface area (TPSA) is 50.4 Å². The Hall–Kier alpha value is -1.62. The SMILES string of the molecule is CC1(C)[C@H](NC(=O)N[C@@H]2CCc3cc(F)ccc32)[C@@H]2CCO[C@@H]21. The molecule has 2 N–H and O–H groups in total. The van der Waals surface area contributed by atoms with Gasteiger partial charge >= 0.3 is 6.03 Å². The molecule has 1 aromatic rings. The van der Waals surface area contributed by atoms with E-state index in [4.69, 9.17) is 4.74 Å². The van der Waals surface area contributed by atoms with Gasteiger partial charge in [0, 0.05) is 24.0 Å². The summed E-state index contributed by atoms with van der Waals surface area (Å²) in [5.74, 6) is 0.220. The largest absolute Gasteiger partial charge is 0.377 e. The number of amides is 2. The maximum Gasteiger partial charge on any atom is 0.315 e. The highest BCUT2D eigenvalue weighted by atomic mass is 19.1. The summed E-state index contributed by atoms with van der Waals surface area (Å²) in [5, 5.41) is 6.20. The maximum atomic E-state index is 13.3. The van der Waals surface area contributed by atoms with Crippen molar-refractivity contribution < 1.29 is 13.9 Å². The van der Waals surface area contributed by atoms with Gasteiger partial charge in [0.15, 0.2) is 0 Å². The molecule has 2 amide bonds. The molecule has 124 valence electrons. The minimum absolute atomic E-state index is 0.0186. The van der Waals surface area contributed by atoms with Crippen molar-refractivity contribution in [1.82, 2.24) is 10.6 Å². The van der Waals surface area contributed by atoms with Gasteiger partial charge in [-0.15, -0.1) is 0 Å². The van der Waals surface area contributed by atoms with Crippen LogP contribution in [-0.4, -0.2) is 24.8 Å². The van der Waals surface area contributed by atoms with Gasteiger partial charge < -0.3 is 15.4 Å². The summed E-state index contributed by atoms with van der Waals surface area (Å²) in [6.07, 6.45) is 2.92. The molecule has 1 saturated carbocycles. The van der Waals surface area contributed by atoms with Crippen LogP contribution in [0, 0.1) is 17.2 Å². The number of urea groups is 1. The zero-order valence-corrected chi connectivity index (χ0v) is 13.6. The second-order valence-corrected chi connectivity index (χ2v) is 7.60. The first-order valence-electron chi connectivity index (χ1n) is 8.44. The molecule has 0 spiro atoms. The van der Waals surface area contributed by atoms with Crippen LogP contribution in [0.4, 0.5) is 9.18 Å². The number of fused-ring (bicyclic) bond motifs is 2. The molecule has 4 atom stereocenters. The van der Waals surface area contributed by atoms with Gasteiger partial charge in [-0.05, 0) is 42.5 Å². The van der Waals surface area contributed by atoms with Gasteiger partial charge in [-0.25, -0.2) is 9.18 Å². The quantitative estimate of drug-likeness (QED) is 0.881. The Morgan fingerprint density at radius 1 is 1.30 bits per heavy atom. The molecule has 4 rings (SSSR count). The van der Waals surface area contributed by atoms with E-state index < -0.39 is 0 Å². The molecule has 1 heterocycles. The molecule has 3 aliphatic rings. The number of hydrogen-bond donors (Lipinski definition) is 2. The van der Waals surface area contributed by atoms with Gasteiger partial charge in [0.05, 0.1) is 12.1 Å². The Morgan fingerprint density at radius 2 is 2.13 bits per heavy atom. The second-order valence-electron chi connectivity index (χ2n) is 7.60. The number of carbonyl (C=O) groups excluding carboxylic acids is 1. The number of halogens is 1. The average Bonchev–Trinajstić information content (AvgIpc) is 3.11. The van der Waals surface area contributed by atoms with Crippen LogP contribution in [0.2, 0.25) is 0 Å². The number of aryl methyl sites for hydroxylation is 1. The third-order valence-electron chi connectivity index (χ3n) is 5.88.